The Morgan fingerprint density at radius 1 is 1.14 bits per heavy atom. The lowest BCUT2D eigenvalue weighted by Crippen LogP contribution is -2.29. The predicted molar refractivity (Wildman–Crippen MR) is 141 cm³/mol. The zero-order chi connectivity index (χ0) is 26.0. The zero-order valence-electron chi connectivity index (χ0n) is 20.4. The van der Waals surface area contributed by atoms with E-state index in [0.717, 1.165) is 27.1 Å². The van der Waals surface area contributed by atoms with Crippen LogP contribution in [0.4, 0.5) is 9.52 Å². The molecule has 1 N–H and O–H groups in total. The Labute approximate surface area is 216 Å². The van der Waals surface area contributed by atoms with E-state index in [4.69, 9.17) is 4.74 Å². The number of ketones is 1. The predicted octanol–water partition coefficient (Wildman–Crippen LogP) is 6.00. The summed E-state index contributed by atoms with van der Waals surface area (Å²) in [5, 5.41) is 11.7. The minimum absolute atomic E-state index is 0.00233. The number of aliphatic hydroxyl groups is 1. The molecule has 6 nitrogen and oxygen atoms in total. The van der Waals surface area contributed by atoms with E-state index >= 15 is 4.39 Å². The van der Waals surface area contributed by atoms with Crippen LogP contribution in [0.1, 0.15) is 40.8 Å². The highest BCUT2D eigenvalue weighted by atomic mass is 32.1. The largest absolute Gasteiger partial charge is 0.507 e. The molecular formula is C29H23FN2O4S. The van der Waals surface area contributed by atoms with E-state index in [0.29, 0.717) is 17.5 Å². The van der Waals surface area contributed by atoms with Gasteiger partial charge in [0, 0.05) is 17.5 Å². The van der Waals surface area contributed by atoms with Crippen LogP contribution in [-0.4, -0.2) is 27.9 Å². The maximum Gasteiger partial charge on any atom is 0.301 e. The second-order valence-corrected chi connectivity index (χ2v) is 10.6. The molecule has 1 amide bonds. The van der Waals surface area contributed by atoms with Crippen molar-refractivity contribution >= 4 is 44.1 Å². The van der Waals surface area contributed by atoms with Gasteiger partial charge in [-0.05, 0) is 67.8 Å². The van der Waals surface area contributed by atoms with Crippen molar-refractivity contribution in [3.05, 3.63) is 93.8 Å². The Morgan fingerprint density at radius 3 is 2.70 bits per heavy atom. The number of aryl methyl sites for hydroxylation is 2. The number of hydrogen-bond acceptors (Lipinski definition) is 6. The van der Waals surface area contributed by atoms with Gasteiger partial charge in [0.05, 0.1) is 15.8 Å². The molecule has 0 bridgehead atoms. The molecule has 0 saturated carbocycles. The zero-order valence-corrected chi connectivity index (χ0v) is 21.2. The second-order valence-electron chi connectivity index (χ2n) is 9.57. The number of ether oxygens (including phenoxy) is 1. The fraction of sp³-hybridized carbons (Fsp3) is 0.207. The first kappa shape index (κ1) is 23.4. The van der Waals surface area contributed by atoms with Crippen LogP contribution in [0.2, 0.25) is 0 Å². The van der Waals surface area contributed by atoms with E-state index in [1.54, 1.807) is 24.3 Å². The minimum Gasteiger partial charge on any atom is -0.507 e. The van der Waals surface area contributed by atoms with Crippen molar-refractivity contribution in [2.75, 3.05) is 4.90 Å². The van der Waals surface area contributed by atoms with Crippen molar-refractivity contribution in [2.24, 2.45) is 0 Å². The maximum absolute atomic E-state index is 15.2. The molecule has 6 rings (SSSR count). The number of halogens is 1. The summed E-state index contributed by atoms with van der Waals surface area (Å²) < 4.78 is 21.8. The normalized spacial score (nSPS) is 20.5. The first-order chi connectivity index (χ1) is 17.7. The van der Waals surface area contributed by atoms with Gasteiger partial charge >= 0.3 is 5.91 Å². The number of carbonyl (C=O) groups is 2. The molecule has 0 unspecified atom stereocenters. The number of rotatable bonds is 3. The van der Waals surface area contributed by atoms with Gasteiger partial charge in [-0.15, -0.1) is 0 Å². The highest BCUT2D eigenvalue weighted by Gasteiger charge is 2.49. The number of aromatic nitrogens is 1. The van der Waals surface area contributed by atoms with Crippen LogP contribution in [0.25, 0.3) is 16.0 Å². The van der Waals surface area contributed by atoms with Crippen molar-refractivity contribution in [1.82, 2.24) is 4.98 Å². The molecule has 0 radical (unpaired) electrons. The third-order valence-electron chi connectivity index (χ3n) is 6.84. The van der Waals surface area contributed by atoms with E-state index in [9.17, 15) is 14.7 Å². The van der Waals surface area contributed by atoms with Crippen LogP contribution >= 0.6 is 11.3 Å². The van der Waals surface area contributed by atoms with E-state index in [-0.39, 0.29) is 28.1 Å². The summed E-state index contributed by atoms with van der Waals surface area (Å²) in [7, 11) is 0. The number of carbonyl (C=O) groups excluding carboxylic acids is 2. The highest BCUT2D eigenvalue weighted by Crippen LogP contribution is 2.45. The average molecular weight is 515 g/mol. The molecule has 186 valence electrons. The first-order valence-corrected chi connectivity index (χ1v) is 12.8. The van der Waals surface area contributed by atoms with Crippen LogP contribution in [-0.2, 0) is 16.0 Å². The summed E-state index contributed by atoms with van der Waals surface area (Å²) in [6.07, 6.45) is 0.661. The standard InChI is InChI=1S/C29H23FN2O4S/c1-14-10-15(2)24-22(11-14)37-29(31-24)32-25(19-6-4-5-7-20(19)30)23(27(34)28(32)35)26(33)17-8-9-21-18(13-17)12-16(3)36-21/h4-11,13,16,25,33H,12H2,1-3H3/b26-23+/t16-,25-/m1/s1. The number of thiazole rings is 1. The van der Waals surface area contributed by atoms with Crippen molar-refractivity contribution in [1.29, 1.82) is 0 Å². The van der Waals surface area contributed by atoms with Gasteiger partial charge in [-0.1, -0.05) is 35.6 Å². The van der Waals surface area contributed by atoms with Crippen LogP contribution in [0.3, 0.4) is 0 Å². The SMILES string of the molecule is Cc1cc(C)c2nc(N3C(=O)C(=O)/C(=C(/O)c4ccc5c(c4)C[C@@H](C)O5)[C@H]3c3ccccc3F)sc2c1. The Kier molecular flexibility index (Phi) is 5.38. The summed E-state index contributed by atoms with van der Waals surface area (Å²) in [4.78, 5) is 32.8. The smallest absolute Gasteiger partial charge is 0.301 e. The Morgan fingerprint density at radius 2 is 1.92 bits per heavy atom. The van der Waals surface area contributed by atoms with E-state index in [1.807, 2.05) is 32.9 Å². The molecule has 0 aliphatic carbocycles. The molecule has 0 spiro atoms. The third-order valence-corrected chi connectivity index (χ3v) is 7.84. The number of aliphatic hydroxyl groups excluding tert-OH is 1. The second kappa shape index (κ2) is 8.52. The first-order valence-electron chi connectivity index (χ1n) is 12.0. The molecule has 2 aliphatic rings. The number of fused-ring (bicyclic) bond motifs is 2. The molecule has 1 saturated heterocycles. The number of hydrogen-bond donors (Lipinski definition) is 1. The summed E-state index contributed by atoms with van der Waals surface area (Å²) in [5.41, 5.74) is 3.89. The van der Waals surface area contributed by atoms with Gasteiger partial charge in [0.2, 0.25) is 0 Å². The third kappa shape index (κ3) is 3.71. The number of Topliss-reactive ketones (excluding diaryl/α,β-unsaturated/α-hetero) is 1. The van der Waals surface area contributed by atoms with Crippen LogP contribution in [0, 0.1) is 19.7 Å². The van der Waals surface area contributed by atoms with Gasteiger partial charge in [-0.3, -0.25) is 14.5 Å². The summed E-state index contributed by atoms with van der Waals surface area (Å²) in [5.74, 6) is -1.97. The van der Waals surface area contributed by atoms with Crippen LogP contribution < -0.4 is 9.64 Å². The van der Waals surface area contributed by atoms with Gasteiger partial charge in [0.1, 0.15) is 29.5 Å². The van der Waals surface area contributed by atoms with Gasteiger partial charge < -0.3 is 9.84 Å². The fourth-order valence-corrected chi connectivity index (χ4v) is 6.38. The molecule has 2 atom stereocenters. The molecule has 1 fully saturated rings. The van der Waals surface area contributed by atoms with Gasteiger partial charge in [0.25, 0.3) is 5.78 Å². The molecule has 3 aromatic carbocycles. The number of benzene rings is 3. The van der Waals surface area contributed by atoms with E-state index in [1.165, 1.54) is 34.4 Å². The lowest BCUT2D eigenvalue weighted by atomic mass is 9.94. The number of nitrogens with zero attached hydrogens (tertiary/aromatic N) is 2. The Balaban J connectivity index is 1.56. The molecular weight excluding hydrogens is 491 g/mol. The average Bonchev–Trinajstić information content (AvgIpc) is 3.52. The monoisotopic (exact) mass is 514 g/mol. The molecule has 2 aliphatic heterocycles. The van der Waals surface area contributed by atoms with Gasteiger partial charge in [0.15, 0.2) is 5.13 Å². The molecule has 4 aromatic rings. The van der Waals surface area contributed by atoms with Crippen molar-refractivity contribution in [2.45, 2.75) is 39.3 Å². The molecule has 1 aromatic heterocycles. The summed E-state index contributed by atoms with van der Waals surface area (Å²) >= 11 is 1.26. The fourth-order valence-electron chi connectivity index (χ4n) is 5.21. The molecule has 3 heterocycles. The Bertz CT molecular complexity index is 1660. The van der Waals surface area contributed by atoms with Crippen molar-refractivity contribution < 1.29 is 23.8 Å². The van der Waals surface area contributed by atoms with Crippen LogP contribution in [0.15, 0.2) is 60.2 Å². The number of anilines is 1. The molecule has 37 heavy (non-hydrogen) atoms. The van der Waals surface area contributed by atoms with Gasteiger partial charge in [-0.25, -0.2) is 9.37 Å². The van der Waals surface area contributed by atoms with Gasteiger partial charge in [-0.2, -0.15) is 0 Å². The van der Waals surface area contributed by atoms with Crippen LogP contribution in [0.5, 0.6) is 5.75 Å². The highest BCUT2D eigenvalue weighted by molar-refractivity contribution is 7.22. The number of amides is 1. The van der Waals surface area contributed by atoms with E-state index in [2.05, 4.69) is 4.98 Å². The molecule has 8 heteroatoms. The quantitative estimate of drug-likeness (QED) is 0.206. The van der Waals surface area contributed by atoms with Crippen molar-refractivity contribution in [3.63, 3.8) is 0 Å². The lowest BCUT2D eigenvalue weighted by molar-refractivity contribution is -0.132. The Hall–Kier alpha value is -4.04. The topological polar surface area (TPSA) is 79.7 Å². The maximum atomic E-state index is 15.2. The van der Waals surface area contributed by atoms with E-state index < -0.39 is 23.5 Å². The summed E-state index contributed by atoms with van der Waals surface area (Å²) in [6.45, 7) is 5.85. The summed E-state index contributed by atoms with van der Waals surface area (Å²) in [6, 6.07) is 13.9. The lowest BCUT2D eigenvalue weighted by Gasteiger charge is -2.23. The minimum atomic E-state index is -1.17. The van der Waals surface area contributed by atoms with Crippen molar-refractivity contribution in [3.8, 4) is 5.75 Å².